The molecule has 2 fully saturated rings. The fourth-order valence-electron chi connectivity index (χ4n) is 3.89. The Kier molecular flexibility index (Phi) is 5.89. The van der Waals surface area contributed by atoms with Gasteiger partial charge < -0.3 is 15.1 Å². The second-order valence-electron chi connectivity index (χ2n) is 7.18. The zero-order valence-corrected chi connectivity index (χ0v) is 15.4. The molecule has 3 rings (SSSR count). The first-order valence-corrected chi connectivity index (χ1v) is 9.42. The Morgan fingerprint density at radius 3 is 2.54 bits per heavy atom. The molecule has 1 aromatic heterocycles. The lowest BCUT2D eigenvalue weighted by Crippen LogP contribution is -2.51. The van der Waals surface area contributed by atoms with Crippen molar-refractivity contribution in [3.63, 3.8) is 0 Å². The molecule has 2 saturated heterocycles. The molecule has 0 aliphatic carbocycles. The summed E-state index contributed by atoms with van der Waals surface area (Å²) < 4.78 is 0. The molecule has 0 amide bonds. The highest BCUT2D eigenvalue weighted by atomic mass is 15.3. The summed E-state index contributed by atoms with van der Waals surface area (Å²) in [6.45, 7) is 12.4. The average Bonchev–Trinajstić information content (AvgIpc) is 2.62. The van der Waals surface area contributed by atoms with Crippen LogP contribution in [0.4, 0.5) is 11.8 Å². The van der Waals surface area contributed by atoms with Crippen LogP contribution >= 0.6 is 0 Å². The second-order valence-corrected chi connectivity index (χ2v) is 7.18. The van der Waals surface area contributed by atoms with Crippen molar-refractivity contribution in [1.82, 2.24) is 19.8 Å². The fourth-order valence-corrected chi connectivity index (χ4v) is 3.89. The summed E-state index contributed by atoms with van der Waals surface area (Å²) in [5.41, 5.74) is 0. The first kappa shape index (κ1) is 17.4. The Bertz CT molecular complexity index is 506. The Balaban J connectivity index is 1.52. The predicted octanol–water partition coefficient (Wildman–Crippen LogP) is 1.76. The van der Waals surface area contributed by atoms with E-state index >= 15 is 0 Å². The molecule has 2 aliphatic rings. The van der Waals surface area contributed by atoms with Crippen molar-refractivity contribution >= 4 is 11.8 Å². The molecule has 6 heteroatoms. The third-order valence-electron chi connectivity index (χ3n) is 5.62. The molecule has 1 atom stereocenters. The number of piperidine rings is 1. The summed E-state index contributed by atoms with van der Waals surface area (Å²) in [7, 11) is 2.22. The van der Waals surface area contributed by atoms with Crippen molar-refractivity contribution in [2.45, 2.75) is 32.7 Å². The van der Waals surface area contributed by atoms with Gasteiger partial charge in [0.2, 0.25) is 5.95 Å². The predicted molar refractivity (Wildman–Crippen MR) is 99.7 cm³/mol. The molecule has 1 N–H and O–H groups in total. The summed E-state index contributed by atoms with van der Waals surface area (Å²) in [6.07, 6.45) is 4.34. The molecule has 3 heterocycles. The minimum atomic E-state index is 0.690. The van der Waals surface area contributed by atoms with Crippen LogP contribution in [0.25, 0.3) is 0 Å². The van der Waals surface area contributed by atoms with Gasteiger partial charge in [-0.05, 0) is 45.7 Å². The van der Waals surface area contributed by atoms with E-state index in [1.807, 2.05) is 12.3 Å². The van der Waals surface area contributed by atoms with E-state index in [1.54, 1.807) is 0 Å². The third kappa shape index (κ3) is 4.16. The van der Waals surface area contributed by atoms with E-state index in [2.05, 4.69) is 50.9 Å². The maximum Gasteiger partial charge on any atom is 0.227 e. The fraction of sp³-hybridized carbons (Fsp3) is 0.778. The van der Waals surface area contributed by atoms with E-state index in [9.17, 15) is 0 Å². The molecule has 0 saturated carbocycles. The highest BCUT2D eigenvalue weighted by Gasteiger charge is 2.29. The highest BCUT2D eigenvalue weighted by Crippen LogP contribution is 2.26. The number of piperazine rings is 1. The number of nitrogens with zero attached hydrogens (tertiary/aromatic N) is 5. The largest absolute Gasteiger partial charge is 0.370 e. The zero-order chi connectivity index (χ0) is 16.9. The molecule has 24 heavy (non-hydrogen) atoms. The molecule has 0 radical (unpaired) electrons. The van der Waals surface area contributed by atoms with Crippen molar-refractivity contribution in [2.24, 2.45) is 5.92 Å². The van der Waals surface area contributed by atoms with Crippen LogP contribution in [-0.4, -0.2) is 78.7 Å². The van der Waals surface area contributed by atoms with Gasteiger partial charge in [0.1, 0.15) is 5.82 Å². The van der Waals surface area contributed by atoms with E-state index in [-0.39, 0.29) is 0 Å². The SMILES string of the molecule is CCNc1ccnc(N2CCC([C@@H](C)N3CCN(C)CC3)CC2)n1. The van der Waals surface area contributed by atoms with E-state index in [1.165, 1.54) is 39.0 Å². The van der Waals surface area contributed by atoms with Gasteiger partial charge in [-0.2, -0.15) is 4.98 Å². The number of anilines is 2. The molecular formula is C18H32N6. The molecule has 2 aliphatic heterocycles. The number of nitrogens with one attached hydrogen (secondary N) is 1. The van der Waals surface area contributed by atoms with Crippen molar-refractivity contribution in [3.8, 4) is 0 Å². The van der Waals surface area contributed by atoms with Gasteiger partial charge in [0.15, 0.2) is 0 Å². The Morgan fingerprint density at radius 2 is 1.88 bits per heavy atom. The van der Waals surface area contributed by atoms with Crippen LogP contribution in [0.15, 0.2) is 12.3 Å². The maximum absolute atomic E-state index is 4.64. The lowest BCUT2D eigenvalue weighted by Gasteiger charge is -2.42. The number of aromatic nitrogens is 2. The van der Waals surface area contributed by atoms with E-state index in [4.69, 9.17) is 0 Å². The summed E-state index contributed by atoms with van der Waals surface area (Å²) in [5, 5.41) is 3.27. The van der Waals surface area contributed by atoms with Crippen molar-refractivity contribution in [2.75, 3.05) is 63.1 Å². The van der Waals surface area contributed by atoms with Crippen LogP contribution in [-0.2, 0) is 0 Å². The Labute approximate surface area is 146 Å². The van der Waals surface area contributed by atoms with E-state index in [0.29, 0.717) is 6.04 Å². The normalized spacial score (nSPS) is 22.5. The minimum absolute atomic E-state index is 0.690. The van der Waals surface area contributed by atoms with Gasteiger partial charge in [-0.1, -0.05) is 0 Å². The Hall–Kier alpha value is -1.40. The Morgan fingerprint density at radius 1 is 1.17 bits per heavy atom. The van der Waals surface area contributed by atoms with Crippen LogP contribution in [0.1, 0.15) is 26.7 Å². The van der Waals surface area contributed by atoms with Crippen LogP contribution in [0.3, 0.4) is 0 Å². The smallest absolute Gasteiger partial charge is 0.227 e. The number of hydrogen-bond donors (Lipinski definition) is 1. The standard InChI is InChI=1S/C18H32N6/c1-4-19-17-5-8-20-18(21-17)24-9-6-16(7-10-24)15(2)23-13-11-22(3)12-14-23/h5,8,15-16H,4,6-7,9-14H2,1-3H3,(H,19,20,21)/t15-/m1/s1. The molecule has 0 unspecified atom stereocenters. The lowest BCUT2D eigenvalue weighted by molar-refractivity contribution is 0.0813. The van der Waals surface area contributed by atoms with Crippen molar-refractivity contribution in [3.05, 3.63) is 12.3 Å². The molecule has 6 nitrogen and oxygen atoms in total. The van der Waals surface area contributed by atoms with Gasteiger partial charge in [0.25, 0.3) is 0 Å². The molecule has 0 bridgehead atoms. The highest BCUT2D eigenvalue weighted by molar-refractivity contribution is 5.41. The van der Waals surface area contributed by atoms with Gasteiger partial charge in [-0.3, -0.25) is 4.90 Å². The zero-order valence-electron chi connectivity index (χ0n) is 15.4. The summed E-state index contributed by atoms with van der Waals surface area (Å²) in [5.74, 6) is 2.59. The van der Waals surface area contributed by atoms with Gasteiger partial charge >= 0.3 is 0 Å². The molecule has 1 aromatic rings. The van der Waals surface area contributed by atoms with Crippen LogP contribution in [0.5, 0.6) is 0 Å². The summed E-state index contributed by atoms with van der Waals surface area (Å²) in [6, 6.07) is 2.63. The van der Waals surface area contributed by atoms with Crippen LogP contribution in [0.2, 0.25) is 0 Å². The van der Waals surface area contributed by atoms with E-state index < -0.39 is 0 Å². The number of likely N-dealkylation sites (N-methyl/N-ethyl adjacent to an activating group) is 1. The van der Waals surface area contributed by atoms with Gasteiger partial charge in [-0.15, -0.1) is 0 Å². The monoisotopic (exact) mass is 332 g/mol. The molecule has 0 spiro atoms. The number of rotatable bonds is 5. The third-order valence-corrected chi connectivity index (χ3v) is 5.62. The van der Waals surface area contributed by atoms with Crippen molar-refractivity contribution in [1.29, 1.82) is 0 Å². The summed E-state index contributed by atoms with van der Waals surface area (Å²) in [4.78, 5) is 16.6. The van der Waals surface area contributed by atoms with Crippen LogP contribution < -0.4 is 10.2 Å². The lowest BCUT2D eigenvalue weighted by atomic mass is 9.89. The molecular weight excluding hydrogens is 300 g/mol. The topological polar surface area (TPSA) is 47.5 Å². The van der Waals surface area contributed by atoms with Crippen LogP contribution in [0, 0.1) is 5.92 Å². The van der Waals surface area contributed by atoms with E-state index in [0.717, 1.165) is 37.3 Å². The quantitative estimate of drug-likeness (QED) is 0.887. The second kappa shape index (κ2) is 8.12. The first-order chi connectivity index (χ1) is 11.7. The van der Waals surface area contributed by atoms with Crippen molar-refractivity contribution < 1.29 is 0 Å². The first-order valence-electron chi connectivity index (χ1n) is 9.42. The maximum atomic E-state index is 4.64. The van der Waals surface area contributed by atoms with Gasteiger partial charge in [0.05, 0.1) is 0 Å². The molecule has 0 aromatic carbocycles. The molecule has 134 valence electrons. The average molecular weight is 332 g/mol. The summed E-state index contributed by atoms with van der Waals surface area (Å²) >= 11 is 0. The van der Waals surface area contributed by atoms with Gasteiger partial charge in [-0.25, -0.2) is 4.98 Å². The number of hydrogen-bond acceptors (Lipinski definition) is 6. The minimum Gasteiger partial charge on any atom is -0.370 e. The van der Waals surface area contributed by atoms with Gasteiger partial charge in [0, 0.05) is 58.1 Å².